The highest BCUT2D eigenvalue weighted by atomic mass is 127. The molecule has 0 bridgehead atoms. The van der Waals surface area contributed by atoms with Gasteiger partial charge in [-0.2, -0.15) is 0 Å². The molecule has 0 aliphatic rings. The fraction of sp³-hybridized carbons (Fsp3) is 0.263. The topological polar surface area (TPSA) is 68.2 Å². The summed E-state index contributed by atoms with van der Waals surface area (Å²) in [6, 6.07) is 14.4. The Kier molecular flexibility index (Phi) is 6.41. The van der Waals surface area contributed by atoms with Crippen molar-refractivity contribution >= 4 is 46.7 Å². The highest BCUT2D eigenvalue weighted by molar-refractivity contribution is 14.0. The highest BCUT2D eigenvalue weighted by Crippen LogP contribution is 2.15. The quantitative estimate of drug-likeness (QED) is 0.360. The van der Waals surface area contributed by atoms with Gasteiger partial charge >= 0.3 is 0 Å². The van der Waals surface area contributed by atoms with Crippen molar-refractivity contribution in [3.8, 4) is 0 Å². The number of nitrogens with one attached hydrogen (secondary N) is 1. The number of nitrogens with zero attached hydrogens (tertiary/aromatic N) is 3. The molecule has 3 N–H and O–H groups in total. The van der Waals surface area contributed by atoms with E-state index in [4.69, 9.17) is 5.73 Å². The SMILES string of the molecule is Cc1cc(C)cc(NC(N)=NCCn2c(C)nc3ccccc32)c1.I. The van der Waals surface area contributed by atoms with Crippen molar-refractivity contribution in [1.29, 1.82) is 0 Å². The number of fused-ring (bicyclic) bond motifs is 1. The largest absolute Gasteiger partial charge is 0.370 e. The Morgan fingerprint density at radius 1 is 1.12 bits per heavy atom. The van der Waals surface area contributed by atoms with Crippen LogP contribution in [0.3, 0.4) is 0 Å². The van der Waals surface area contributed by atoms with Crippen LogP contribution in [0.2, 0.25) is 0 Å². The summed E-state index contributed by atoms with van der Waals surface area (Å²) in [5.74, 6) is 1.43. The molecule has 3 aromatic rings. The number of hydrogen-bond donors (Lipinski definition) is 2. The van der Waals surface area contributed by atoms with E-state index in [9.17, 15) is 0 Å². The fourth-order valence-electron chi connectivity index (χ4n) is 2.98. The molecule has 1 heterocycles. The van der Waals surface area contributed by atoms with Crippen LogP contribution in [0.1, 0.15) is 17.0 Å². The summed E-state index contributed by atoms with van der Waals surface area (Å²) in [6.45, 7) is 7.50. The Bertz CT molecular complexity index is 878. The number of aryl methyl sites for hydroxylation is 3. The van der Waals surface area contributed by atoms with E-state index in [1.807, 2.05) is 25.1 Å². The van der Waals surface area contributed by atoms with Crippen molar-refractivity contribution in [2.45, 2.75) is 27.3 Å². The molecule has 25 heavy (non-hydrogen) atoms. The van der Waals surface area contributed by atoms with E-state index < -0.39 is 0 Å². The maximum atomic E-state index is 6.01. The van der Waals surface area contributed by atoms with Gasteiger partial charge in [0.25, 0.3) is 0 Å². The first-order valence-electron chi connectivity index (χ1n) is 8.10. The van der Waals surface area contributed by atoms with Gasteiger partial charge in [0.1, 0.15) is 5.82 Å². The Balaban J connectivity index is 0.00000225. The van der Waals surface area contributed by atoms with Gasteiger partial charge in [0.05, 0.1) is 17.6 Å². The van der Waals surface area contributed by atoms with E-state index in [1.54, 1.807) is 0 Å². The molecule has 0 saturated heterocycles. The number of benzene rings is 2. The molecule has 0 spiro atoms. The summed E-state index contributed by atoms with van der Waals surface area (Å²) in [5, 5.41) is 3.16. The molecular weight excluding hydrogens is 425 g/mol. The molecule has 0 saturated carbocycles. The van der Waals surface area contributed by atoms with Crippen LogP contribution in [-0.4, -0.2) is 22.1 Å². The van der Waals surface area contributed by atoms with Crippen LogP contribution >= 0.6 is 24.0 Å². The van der Waals surface area contributed by atoms with Crippen LogP contribution in [0, 0.1) is 20.8 Å². The first kappa shape index (κ1) is 19.2. The van der Waals surface area contributed by atoms with Crippen LogP contribution in [0.15, 0.2) is 47.5 Å². The minimum atomic E-state index is 0. The van der Waals surface area contributed by atoms with Crippen LogP contribution in [0.4, 0.5) is 5.69 Å². The summed E-state index contributed by atoms with van der Waals surface area (Å²) >= 11 is 0. The number of nitrogens with two attached hydrogens (primary N) is 1. The van der Waals surface area contributed by atoms with E-state index >= 15 is 0 Å². The van der Waals surface area contributed by atoms with E-state index in [1.165, 1.54) is 11.1 Å². The minimum Gasteiger partial charge on any atom is -0.370 e. The molecule has 1 aromatic heterocycles. The second kappa shape index (κ2) is 8.33. The predicted octanol–water partition coefficient (Wildman–Crippen LogP) is 4.01. The Hall–Kier alpha value is -2.09. The third-order valence-electron chi connectivity index (χ3n) is 3.95. The minimum absolute atomic E-state index is 0. The van der Waals surface area contributed by atoms with Gasteiger partial charge in [-0.1, -0.05) is 18.2 Å². The summed E-state index contributed by atoms with van der Waals surface area (Å²) in [5.41, 5.74) is 11.5. The van der Waals surface area contributed by atoms with E-state index in [2.05, 4.69) is 58.0 Å². The lowest BCUT2D eigenvalue weighted by Crippen LogP contribution is -2.23. The number of aromatic nitrogens is 2. The number of guanidine groups is 1. The molecule has 5 nitrogen and oxygen atoms in total. The number of para-hydroxylation sites is 2. The Labute approximate surface area is 165 Å². The Morgan fingerprint density at radius 3 is 2.52 bits per heavy atom. The number of hydrogen-bond acceptors (Lipinski definition) is 2. The molecule has 0 atom stereocenters. The lowest BCUT2D eigenvalue weighted by atomic mass is 10.1. The zero-order valence-corrected chi connectivity index (χ0v) is 17.1. The molecular formula is C19H24IN5. The van der Waals surface area contributed by atoms with Gasteiger partial charge in [-0.25, -0.2) is 4.98 Å². The lowest BCUT2D eigenvalue weighted by molar-refractivity contribution is 0.704. The predicted molar refractivity (Wildman–Crippen MR) is 116 cm³/mol. The van der Waals surface area contributed by atoms with Gasteiger partial charge in [0, 0.05) is 12.2 Å². The average Bonchev–Trinajstić information content (AvgIpc) is 2.82. The van der Waals surface area contributed by atoms with Gasteiger partial charge in [0.2, 0.25) is 0 Å². The number of imidazole rings is 1. The smallest absolute Gasteiger partial charge is 0.193 e. The monoisotopic (exact) mass is 449 g/mol. The van der Waals surface area contributed by atoms with E-state index in [0.29, 0.717) is 12.5 Å². The van der Waals surface area contributed by atoms with Crippen LogP contribution < -0.4 is 11.1 Å². The van der Waals surface area contributed by atoms with Crippen molar-refractivity contribution in [3.63, 3.8) is 0 Å². The molecule has 6 heteroatoms. The molecule has 2 aromatic carbocycles. The summed E-state index contributed by atoms with van der Waals surface area (Å²) < 4.78 is 2.17. The normalized spacial score (nSPS) is 11.4. The molecule has 0 fully saturated rings. The number of halogens is 1. The summed E-state index contributed by atoms with van der Waals surface area (Å²) in [7, 11) is 0. The lowest BCUT2D eigenvalue weighted by Gasteiger charge is -2.09. The van der Waals surface area contributed by atoms with Crippen LogP contribution in [0.25, 0.3) is 11.0 Å². The highest BCUT2D eigenvalue weighted by Gasteiger charge is 2.05. The zero-order valence-electron chi connectivity index (χ0n) is 14.8. The molecule has 0 aliphatic heterocycles. The van der Waals surface area contributed by atoms with Crippen LogP contribution in [0.5, 0.6) is 0 Å². The van der Waals surface area contributed by atoms with Crippen molar-refractivity contribution in [2.75, 3.05) is 11.9 Å². The zero-order chi connectivity index (χ0) is 17.1. The molecule has 0 radical (unpaired) electrons. The first-order chi connectivity index (χ1) is 11.5. The van der Waals surface area contributed by atoms with Crippen LogP contribution in [-0.2, 0) is 6.54 Å². The molecule has 0 amide bonds. The number of aliphatic imine (C=N–C) groups is 1. The van der Waals surface area contributed by atoms with Crippen molar-refractivity contribution in [3.05, 3.63) is 59.4 Å². The van der Waals surface area contributed by atoms with Gasteiger partial charge in [-0.3, -0.25) is 4.99 Å². The molecule has 3 rings (SSSR count). The third-order valence-corrected chi connectivity index (χ3v) is 3.95. The average molecular weight is 449 g/mol. The number of anilines is 1. The van der Waals surface area contributed by atoms with Gasteiger partial charge in [-0.15, -0.1) is 24.0 Å². The van der Waals surface area contributed by atoms with Crippen molar-refractivity contribution < 1.29 is 0 Å². The van der Waals surface area contributed by atoms with Gasteiger partial charge < -0.3 is 15.6 Å². The Morgan fingerprint density at radius 2 is 1.80 bits per heavy atom. The fourth-order valence-corrected chi connectivity index (χ4v) is 2.98. The molecule has 0 aliphatic carbocycles. The standard InChI is InChI=1S/C19H23N5.HI/c1-13-10-14(2)12-16(11-13)23-19(20)21-8-9-24-15(3)22-17-6-4-5-7-18(17)24;/h4-7,10-12H,8-9H2,1-3H3,(H3,20,21,23);1H. The van der Waals surface area contributed by atoms with E-state index in [0.717, 1.165) is 29.1 Å². The molecule has 132 valence electrons. The maximum absolute atomic E-state index is 6.01. The summed E-state index contributed by atoms with van der Waals surface area (Å²) in [4.78, 5) is 9.00. The number of rotatable bonds is 4. The van der Waals surface area contributed by atoms with Gasteiger partial charge in [-0.05, 0) is 56.2 Å². The maximum Gasteiger partial charge on any atom is 0.193 e. The summed E-state index contributed by atoms with van der Waals surface area (Å²) in [6.07, 6.45) is 0. The third kappa shape index (κ3) is 4.72. The first-order valence-corrected chi connectivity index (χ1v) is 8.10. The van der Waals surface area contributed by atoms with Crippen molar-refractivity contribution in [1.82, 2.24) is 9.55 Å². The molecule has 0 unspecified atom stereocenters. The second-order valence-corrected chi connectivity index (χ2v) is 6.07. The van der Waals surface area contributed by atoms with Gasteiger partial charge in [0.15, 0.2) is 5.96 Å². The van der Waals surface area contributed by atoms with Crippen molar-refractivity contribution in [2.24, 2.45) is 10.7 Å². The second-order valence-electron chi connectivity index (χ2n) is 6.07. The van der Waals surface area contributed by atoms with E-state index in [-0.39, 0.29) is 24.0 Å².